The summed E-state index contributed by atoms with van der Waals surface area (Å²) < 4.78 is 0. The average molecular weight is 264 g/mol. The van der Waals surface area contributed by atoms with Gasteiger partial charge in [-0.2, -0.15) is 15.0 Å². The van der Waals surface area contributed by atoms with Gasteiger partial charge in [-0.05, 0) is 31.1 Å². The molecule has 6 heteroatoms. The summed E-state index contributed by atoms with van der Waals surface area (Å²) in [7, 11) is 3.78. The third-order valence-electron chi connectivity index (χ3n) is 3.71. The van der Waals surface area contributed by atoms with E-state index in [2.05, 4.69) is 34.1 Å². The van der Waals surface area contributed by atoms with Crippen LogP contribution < -0.4 is 16.0 Å². The molecule has 0 aromatic carbocycles. The average Bonchev–Trinajstić information content (AvgIpc) is 2.31. The third-order valence-corrected chi connectivity index (χ3v) is 3.71. The molecule has 0 radical (unpaired) electrons. The fourth-order valence-electron chi connectivity index (χ4n) is 2.37. The van der Waals surface area contributed by atoms with E-state index >= 15 is 0 Å². The molecule has 0 saturated heterocycles. The molecule has 3 N–H and O–H groups in total. The Morgan fingerprint density at radius 2 is 1.79 bits per heavy atom. The lowest BCUT2D eigenvalue weighted by molar-refractivity contribution is 0.232. The van der Waals surface area contributed by atoms with Gasteiger partial charge in [0.05, 0.1) is 0 Å². The maximum absolute atomic E-state index is 5.72. The van der Waals surface area contributed by atoms with Crippen molar-refractivity contribution in [3.8, 4) is 0 Å². The van der Waals surface area contributed by atoms with E-state index in [-0.39, 0.29) is 5.95 Å². The molecule has 1 aromatic rings. The number of hydrogen-bond acceptors (Lipinski definition) is 6. The number of rotatable bonds is 3. The highest BCUT2D eigenvalue weighted by molar-refractivity contribution is 5.41. The standard InChI is InChI=1S/C13H24N6/c1-13(2)7-5-9(6-8-13)15-11-16-10(14)17-12(18-11)19(3)4/h9H,5-8H2,1-4H3,(H3,14,15,16,17,18). The Morgan fingerprint density at radius 1 is 1.16 bits per heavy atom. The molecule has 2 rings (SSSR count). The van der Waals surface area contributed by atoms with Crippen molar-refractivity contribution in [2.45, 2.75) is 45.6 Å². The molecule has 1 fully saturated rings. The fourth-order valence-corrected chi connectivity index (χ4v) is 2.37. The first-order valence-corrected chi connectivity index (χ1v) is 6.81. The Labute approximate surface area is 114 Å². The van der Waals surface area contributed by atoms with Crippen LogP contribution in [0, 0.1) is 5.41 Å². The predicted octanol–water partition coefficient (Wildman–Crippen LogP) is 1.90. The Kier molecular flexibility index (Phi) is 3.78. The van der Waals surface area contributed by atoms with Crippen LogP contribution in [0.5, 0.6) is 0 Å². The summed E-state index contributed by atoms with van der Waals surface area (Å²) in [6, 6.07) is 0.435. The van der Waals surface area contributed by atoms with Gasteiger partial charge in [-0.3, -0.25) is 0 Å². The van der Waals surface area contributed by atoms with Gasteiger partial charge in [-0.25, -0.2) is 0 Å². The summed E-state index contributed by atoms with van der Waals surface area (Å²) in [6.07, 6.45) is 4.75. The molecule has 1 aliphatic carbocycles. The van der Waals surface area contributed by atoms with Crippen LogP contribution in [0.2, 0.25) is 0 Å². The van der Waals surface area contributed by atoms with Crippen molar-refractivity contribution < 1.29 is 0 Å². The molecule has 6 nitrogen and oxygen atoms in total. The minimum absolute atomic E-state index is 0.261. The molecule has 1 aliphatic rings. The first kappa shape index (κ1) is 13.8. The second kappa shape index (κ2) is 5.19. The minimum Gasteiger partial charge on any atom is -0.368 e. The molecular formula is C13H24N6. The third kappa shape index (κ3) is 3.68. The molecule has 0 amide bonds. The van der Waals surface area contributed by atoms with E-state index in [1.54, 1.807) is 0 Å². The zero-order valence-electron chi connectivity index (χ0n) is 12.3. The lowest BCUT2D eigenvalue weighted by Gasteiger charge is -2.34. The van der Waals surface area contributed by atoms with Crippen LogP contribution >= 0.6 is 0 Å². The van der Waals surface area contributed by atoms with Crippen molar-refractivity contribution >= 4 is 17.8 Å². The molecule has 0 unspecified atom stereocenters. The molecule has 19 heavy (non-hydrogen) atoms. The molecule has 0 bridgehead atoms. The van der Waals surface area contributed by atoms with Crippen LogP contribution in [0.3, 0.4) is 0 Å². The van der Waals surface area contributed by atoms with Crippen molar-refractivity contribution in [2.75, 3.05) is 30.0 Å². The first-order chi connectivity index (χ1) is 8.85. The van der Waals surface area contributed by atoms with Crippen LogP contribution in [0.25, 0.3) is 0 Å². The molecule has 0 atom stereocenters. The Balaban J connectivity index is 2.03. The van der Waals surface area contributed by atoms with Gasteiger partial charge in [0.25, 0.3) is 0 Å². The van der Waals surface area contributed by atoms with Crippen molar-refractivity contribution in [1.29, 1.82) is 0 Å². The number of nitrogens with one attached hydrogen (secondary N) is 1. The molecule has 0 spiro atoms. The SMILES string of the molecule is CN(C)c1nc(N)nc(NC2CCC(C)(C)CC2)n1. The second-order valence-electron chi connectivity index (χ2n) is 6.29. The zero-order chi connectivity index (χ0) is 14.0. The van der Waals surface area contributed by atoms with Gasteiger partial charge in [0.2, 0.25) is 17.8 Å². The second-order valence-corrected chi connectivity index (χ2v) is 6.29. The summed E-state index contributed by atoms with van der Waals surface area (Å²) in [5, 5.41) is 3.39. The highest BCUT2D eigenvalue weighted by Gasteiger charge is 2.27. The van der Waals surface area contributed by atoms with Gasteiger partial charge in [0.1, 0.15) is 0 Å². The maximum Gasteiger partial charge on any atom is 0.231 e. The van der Waals surface area contributed by atoms with Crippen LogP contribution in [-0.2, 0) is 0 Å². The Bertz CT molecular complexity index is 433. The van der Waals surface area contributed by atoms with Gasteiger partial charge in [0, 0.05) is 20.1 Å². The van der Waals surface area contributed by atoms with Crippen LogP contribution in [-0.4, -0.2) is 35.1 Å². The number of anilines is 3. The number of nitrogen functional groups attached to an aromatic ring is 1. The highest BCUT2D eigenvalue weighted by Crippen LogP contribution is 2.35. The highest BCUT2D eigenvalue weighted by atomic mass is 15.3. The smallest absolute Gasteiger partial charge is 0.231 e. The van der Waals surface area contributed by atoms with Crippen molar-refractivity contribution in [2.24, 2.45) is 5.41 Å². The van der Waals surface area contributed by atoms with Crippen molar-refractivity contribution in [1.82, 2.24) is 15.0 Å². The summed E-state index contributed by atoms with van der Waals surface area (Å²) >= 11 is 0. The van der Waals surface area contributed by atoms with Gasteiger partial charge < -0.3 is 16.0 Å². The monoisotopic (exact) mass is 264 g/mol. The minimum atomic E-state index is 0.261. The van der Waals surface area contributed by atoms with E-state index in [9.17, 15) is 0 Å². The predicted molar refractivity (Wildman–Crippen MR) is 78.2 cm³/mol. The van der Waals surface area contributed by atoms with E-state index in [1.165, 1.54) is 12.8 Å². The Hall–Kier alpha value is -1.59. The van der Waals surface area contributed by atoms with Crippen molar-refractivity contribution in [3.63, 3.8) is 0 Å². The summed E-state index contributed by atoms with van der Waals surface area (Å²) in [5.74, 6) is 1.43. The van der Waals surface area contributed by atoms with Crippen LogP contribution in [0.15, 0.2) is 0 Å². The van der Waals surface area contributed by atoms with Crippen molar-refractivity contribution in [3.05, 3.63) is 0 Å². The summed E-state index contributed by atoms with van der Waals surface area (Å²) in [6.45, 7) is 4.66. The summed E-state index contributed by atoms with van der Waals surface area (Å²) in [5.41, 5.74) is 6.18. The van der Waals surface area contributed by atoms with E-state index in [0.29, 0.717) is 23.4 Å². The van der Waals surface area contributed by atoms with E-state index in [0.717, 1.165) is 12.8 Å². The molecule has 1 saturated carbocycles. The fraction of sp³-hybridized carbons (Fsp3) is 0.769. The molecular weight excluding hydrogens is 240 g/mol. The van der Waals surface area contributed by atoms with E-state index in [1.807, 2.05) is 19.0 Å². The summed E-state index contributed by atoms with van der Waals surface area (Å²) in [4.78, 5) is 14.5. The first-order valence-electron chi connectivity index (χ1n) is 6.81. The van der Waals surface area contributed by atoms with E-state index in [4.69, 9.17) is 5.73 Å². The Morgan fingerprint density at radius 3 is 2.37 bits per heavy atom. The maximum atomic E-state index is 5.72. The zero-order valence-corrected chi connectivity index (χ0v) is 12.3. The largest absolute Gasteiger partial charge is 0.368 e. The number of nitrogens with two attached hydrogens (primary N) is 1. The molecule has 106 valence electrons. The number of hydrogen-bond donors (Lipinski definition) is 2. The van der Waals surface area contributed by atoms with Gasteiger partial charge >= 0.3 is 0 Å². The number of aromatic nitrogens is 3. The molecule has 0 aliphatic heterocycles. The normalized spacial score (nSPS) is 19.2. The topological polar surface area (TPSA) is 80.0 Å². The molecule has 1 heterocycles. The van der Waals surface area contributed by atoms with E-state index < -0.39 is 0 Å². The van der Waals surface area contributed by atoms with Crippen LogP contribution in [0.4, 0.5) is 17.8 Å². The van der Waals surface area contributed by atoms with Gasteiger partial charge in [-0.1, -0.05) is 13.8 Å². The lowest BCUT2D eigenvalue weighted by atomic mass is 9.76. The lowest BCUT2D eigenvalue weighted by Crippen LogP contribution is -2.30. The van der Waals surface area contributed by atoms with Crippen LogP contribution in [0.1, 0.15) is 39.5 Å². The van der Waals surface area contributed by atoms with Gasteiger partial charge in [-0.15, -0.1) is 0 Å². The number of nitrogens with zero attached hydrogens (tertiary/aromatic N) is 4. The quantitative estimate of drug-likeness (QED) is 0.868. The molecule has 1 aromatic heterocycles. The van der Waals surface area contributed by atoms with Gasteiger partial charge in [0.15, 0.2) is 0 Å².